The van der Waals surface area contributed by atoms with Crippen LogP contribution in [0, 0.1) is 11.3 Å². The summed E-state index contributed by atoms with van der Waals surface area (Å²) in [5, 5.41) is 3.45. The molecule has 2 aromatic rings. The van der Waals surface area contributed by atoms with Gasteiger partial charge in [-0.25, -0.2) is 0 Å². The highest BCUT2D eigenvalue weighted by atomic mass is 16.2. The Morgan fingerprint density at radius 3 is 2.96 bits per heavy atom. The molecule has 26 heavy (non-hydrogen) atoms. The fourth-order valence-corrected chi connectivity index (χ4v) is 4.40. The molecule has 0 unspecified atom stereocenters. The summed E-state index contributed by atoms with van der Waals surface area (Å²) in [5.74, 6) is 0.580. The molecule has 2 saturated heterocycles. The summed E-state index contributed by atoms with van der Waals surface area (Å²) >= 11 is 0. The molecular weight excluding hydrogens is 326 g/mol. The van der Waals surface area contributed by atoms with Crippen molar-refractivity contribution in [1.82, 2.24) is 25.1 Å². The molecule has 1 aromatic heterocycles. The fourth-order valence-electron chi connectivity index (χ4n) is 4.40. The lowest BCUT2D eigenvalue weighted by molar-refractivity contribution is -0.141. The average molecular weight is 351 g/mol. The first-order chi connectivity index (χ1) is 12.7. The first-order valence-corrected chi connectivity index (χ1v) is 9.15. The van der Waals surface area contributed by atoms with Crippen molar-refractivity contribution in [2.45, 2.75) is 13.1 Å². The topological polar surface area (TPSA) is 61.4 Å². The second kappa shape index (κ2) is 7.13. The molecule has 1 aromatic carbocycles. The van der Waals surface area contributed by atoms with Gasteiger partial charge in [0.25, 0.3) is 0 Å². The van der Waals surface area contributed by atoms with Crippen LogP contribution in [0.2, 0.25) is 0 Å². The largest absolute Gasteiger partial charge is 0.339 e. The highest BCUT2D eigenvalue weighted by molar-refractivity contribution is 5.84. The smallest absolute Gasteiger partial charge is 0.231 e. The predicted molar refractivity (Wildman–Crippen MR) is 99.0 cm³/mol. The highest BCUT2D eigenvalue weighted by Crippen LogP contribution is 2.41. The maximum Gasteiger partial charge on any atom is 0.231 e. The Kier molecular flexibility index (Phi) is 4.70. The summed E-state index contributed by atoms with van der Waals surface area (Å²) in [5.41, 5.74) is 1.79. The first-order valence-electron chi connectivity index (χ1n) is 9.15. The zero-order valence-corrected chi connectivity index (χ0v) is 15.1. The maximum atomic E-state index is 13.4. The average Bonchev–Trinajstić information content (AvgIpc) is 3.20. The maximum absolute atomic E-state index is 13.4. The SMILES string of the molecule is CN(Cc1cnccn1)C(=O)[C@@]12CNC[C@@H]1CN(Cc1ccccc1)C2. The highest BCUT2D eigenvalue weighted by Gasteiger charge is 2.55. The zero-order valence-electron chi connectivity index (χ0n) is 15.1. The molecule has 0 saturated carbocycles. The Hall–Kier alpha value is -2.31. The second-order valence-corrected chi connectivity index (χ2v) is 7.50. The van der Waals surface area contributed by atoms with E-state index < -0.39 is 0 Å². The molecule has 0 spiro atoms. The van der Waals surface area contributed by atoms with Crippen LogP contribution in [0.3, 0.4) is 0 Å². The van der Waals surface area contributed by atoms with Crippen LogP contribution in [0.4, 0.5) is 0 Å². The monoisotopic (exact) mass is 351 g/mol. The van der Waals surface area contributed by atoms with Crippen LogP contribution >= 0.6 is 0 Å². The van der Waals surface area contributed by atoms with Gasteiger partial charge in [-0.3, -0.25) is 19.7 Å². The van der Waals surface area contributed by atoms with Crippen molar-refractivity contribution in [1.29, 1.82) is 0 Å². The molecule has 2 aliphatic rings. The van der Waals surface area contributed by atoms with Gasteiger partial charge in [0.15, 0.2) is 0 Å². The Morgan fingerprint density at radius 2 is 2.19 bits per heavy atom. The molecule has 2 aliphatic heterocycles. The number of rotatable bonds is 5. The van der Waals surface area contributed by atoms with Gasteiger partial charge in [-0.15, -0.1) is 0 Å². The molecule has 1 N–H and O–H groups in total. The molecule has 2 atom stereocenters. The van der Waals surface area contributed by atoms with Crippen molar-refractivity contribution in [3.8, 4) is 0 Å². The van der Waals surface area contributed by atoms with E-state index >= 15 is 0 Å². The number of benzene rings is 1. The summed E-state index contributed by atoms with van der Waals surface area (Å²) < 4.78 is 0. The summed E-state index contributed by atoms with van der Waals surface area (Å²) in [4.78, 5) is 26.0. The second-order valence-electron chi connectivity index (χ2n) is 7.50. The quantitative estimate of drug-likeness (QED) is 0.876. The van der Waals surface area contributed by atoms with Crippen LogP contribution in [-0.2, 0) is 17.9 Å². The number of aromatic nitrogens is 2. The lowest BCUT2D eigenvalue weighted by Gasteiger charge is -2.31. The normalized spacial score (nSPS) is 25.2. The van der Waals surface area contributed by atoms with Crippen molar-refractivity contribution >= 4 is 5.91 Å². The van der Waals surface area contributed by atoms with Gasteiger partial charge in [0.1, 0.15) is 0 Å². The number of carbonyl (C=O) groups is 1. The Balaban J connectivity index is 1.47. The molecule has 1 amide bonds. The van der Waals surface area contributed by atoms with E-state index in [1.54, 1.807) is 18.6 Å². The van der Waals surface area contributed by atoms with Crippen LogP contribution in [0.25, 0.3) is 0 Å². The van der Waals surface area contributed by atoms with Crippen LogP contribution < -0.4 is 5.32 Å². The Morgan fingerprint density at radius 1 is 1.35 bits per heavy atom. The molecule has 6 heteroatoms. The number of nitrogens with zero attached hydrogens (tertiary/aromatic N) is 4. The minimum atomic E-state index is -0.328. The lowest BCUT2D eigenvalue weighted by atomic mass is 9.79. The number of carbonyl (C=O) groups excluding carboxylic acids is 1. The van der Waals surface area contributed by atoms with E-state index in [9.17, 15) is 4.79 Å². The molecule has 0 aliphatic carbocycles. The van der Waals surface area contributed by atoms with Crippen LogP contribution in [0.15, 0.2) is 48.9 Å². The standard InChI is InChI=1S/C20H25N5O/c1-24(13-18-10-21-7-8-23-18)19(26)20-14-22-9-17(20)12-25(15-20)11-16-5-3-2-4-6-16/h2-8,10,17,22H,9,11-15H2,1H3/t17-,20-/m1/s1. The minimum Gasteiger partial charge on any atom is -0.339 e. The molecule has 0 radical (unpaired) electrons. The Bertz CT molecular complexity index is 753. The van der Waals surface area contributed by atoms with E-state index in [1.165, 1.54) is 5.56 Å². The lowest BCUT2D eigenvalue weighted by Crippen LogP contribution is -2.47. The zero-order chi connectivity index (χ0) is 18.0. The molecular formula is C20H25N5O. The van der Waals surface area contributed by atoms with E-state index in [2.05, 4.69) is 44.5 Å². The van der Waals surface area contributed by atoms with Crippen molar-refractivity contribution in [3.05, 3.63) is 60.2 Å². The van der Waals surface area contributed by atoms with Gasteiger partial charge in [0, 0.05) is 58.1 Å². The number of fused-ring (bicyclic) bond motifs is 1. The van der Waals surface area contributed by atoms with E-state index in [1.807, 2.05) is 18.0 Å². The van der Waals surface area contributed by atoms with Crippen LogP contribution in [0.1, 0.15) is 11.3 Å². The van der Waals surface area contributed by atoms with Gasteiger partial charge in [0.2, 0.25) is 5.91 Å². The minimum absolute atomic E-state index is 0.216. The summed E-state index contributed by atoms with van der Waals surface area (Å²) in [7, 11) is 1.88. The van der Waals surface area contributed by atoms with Crippen LogP contribution in [0.5, 0.6) is 0 Å². The predicted octanol–water partition coefficient (Wildman–Crippen LogP) is 1.16. The van der Waals surface area contributed by atoms with Gasteiger partial charge in [0.05, 0.1) is 23.9 Å². The third kappa shape index (κ3) is 3.22. The first kappa shape index (κ1) is 17.1. The van der Waals surface area contributed by atoms with Gasteiger partial charge >= 0.3 is 0 Å². The molecule has 6 nitrogen and oxygen atoms in total. The van der Waals surface area contributed by atoms with Gasteiger partial charge in [-0.2, -0.15) is 0 Å². The number of amides is 1. The van der Waals surface area contributed by atoms with Crippen molar-refractivity contribution in [2.75, 3.05) is 33.2 Å². The van der Waals surface area contributed by atoms with Crippen molar-refractivity contribution in [3.63, 3.8) is 0 Å². The molecule has 0 bridgehead atoms. The number of hydrogen-bond donors (Lipinski definition) is 1. The fraction of sp³-hybridized carbons (Fsp3) is 0.450. The molecule has 4 rings (SSSR count). The number of hydrogen-bond acceptors (Lipinski definition) is 5. The summed E-state index contributed by atoms with van der Waals surface area (Å²) in [6, 6.07) is 10.5. The molecule has 136 valence electrons. The molecule has 2 fully saturated rings. The van der Waals surface area contributed by atoms with E-state index in [-0.39, 0.29) is 11.3 Å². The van der Waals surface area contributed by atoms with E-state index in [0.29, 0.717) is 12.5 Å². The van der Waals surface area contributed by atoms with Gasteiger partial charge in [-0.05, 0) is 5.56 Å². The van der Waals surface area contributed by atoms with Crippen LogP contribution in [-0.4, -0.2) is 58.9 Å². The Labute approximate surface area is 154 Å². The third-order valence-corrected chi connectivity index (χ3v) is 5.63. The van der Waals surface area contributed by atoms with E-state index in [4.69, 9.17) is 0 Å². The number of likely N-dealkylation sites (tertiary alicyclic amines) is 1. The van der Waals surface area contributed by atoms with Crippen molar-refractivity contribution < 1.29 is 4.79 Å². The molecule has 3 heterocycles. The van der Waals surface area contributed by atoms with Gasteiger partial charge in [-0.1, -0.05) is 30.3 Å². The third-order valence-electron chi connectivity index (χ3n) is 5.63. The van der Waals surface area contributed by atoms with Crippen molar-refractivity contribution in [2.24, 2.45) is 11.3 Å². The number of nitrogens with one attached hydrogen (secondary N) is 1. The summed E-state index contributed by atoms with van der Waals surface area (Å²) in [6.45, 7) is 4.85. The van der Waals surface area contributed by atoms with E-state index in [0.717, 1.165) is 38.4 Å². The summed E-state index contributed by atoms with van der Waals surface area (Å²) in [6.07, 6.45) is 5.05. The van der Waals surface area contributed by atoms with Gasteiger partial charge < -0.3 is 10.2 Å².